The fourth-order valence-electron chi connectivity index (χ4n) is 3.26. The molecule has 0 spiro atoms. The minimum absolute atomic E-state index is 0.00365. The lowest BCUT2D eigenvalue weighted by molar-refractivity contribution is -0.120. The number of carbonyl (C=O) groups excluding carboxylic acids is 1. The summed E-state index contributed by atoms with van der Waals surface area (Å²) in [4.78, 5) is 14.3. The monoisotopic (exact) mass is 413 g/mol. The summed E-state index contributed by atoms with van der Waals surface area (Å²) in [7, 11) is 0. The first-order valence-electron chi connectivity index (χ1n) is 9.88. The zero-order valence-corrected chi connectivity index (χ0v) is 17.3. The van der Waals surface area contributed by atoms with Crippen molar-refractivity contribution in [3.8, 4) is 0 Å². The molecule has 4 nitrogen and oxygen atoms in total. The molecule has 0 saturated heterocycles. The Kier molecular flexibility index (Phi) is 6.62. The van der Waals surface area contributed by atoms with Gasteiger partial charge in [0.15, 0.2) is 0 Å². The molecular formula is C25H23N3OS. The Morgan fingerprint density at radius 2 is 1.53 bits per heavy atom. The maximum absolute atomic E-state index is 13.2. The number of rotatable bonds is 8. The van der Waals surface area contributed by atoms with Crippen LogP contribution in [0.25, 0.3) is 0 Å². The molecule has 1 N–H and O–H groups in total. The molecule has 1 heterocycles. The predicted octanol–water partition coefficient (Wildman–Crippen LogP) is 5.08. The molecule has 0 aliphatic rings. The van der Waals surface area contributed by atoms with Crippen LogP contribution in [0.3, 0.4) is 0 Å². The first-order chi connectivity index (χ1) is 14.8. The summed E-state index contributed by atoms with van der Waals surface area (Å²) < 4.78 is 1.89. The van der Waals surface area contributed by atoms with Gasteiger partial charge >= 0.3 is 0 Å². The molecule has 0 saturated carbocycles. The number of nitrogens with zero attached hydrogens (tertiary/aromatic N) is 2. The van der Waals surface area contributed by atoms with E-state index >= 15 is 0 Å². The standard InChI is InChI=1S/C25H23N3OS/c29-25(24(20-10-3-1-4-11-20)30-23-14-5-2-6-15-23)26-18-21-12-7-8-13-22(21)19-28-17-9-16-27-28/h1-17,24H,18-19H2,(H,26,29). The van der Waals surface area contributed by atoms with E-state index in [1.807, 2.05) is 89.7 Å². The number of amides is 1. The maximum Gasteiger partial charge on any atom is 0.238 e. The molecule has 0 aliphatic carbocycles. The van der Waals surface area contributed by atoms with Crippen molar-refractivity contribution >= 4 is 17.7 Å². The van der Waals surface area contributed by atoms with Crippen LogP contribution in [0.4, 0.5) is 0 Å². The summed E-state index contributed by atoms with van der Waals surface area (Å²) in [6.45, 7) is 1.16. The topological polar surface area (TPSA) is 46.9 Å². The van der Waals surface area contributed by atoms with Crippen molar-refractivity contribution in [3.05, 3.63) is 120 Å². The van der Waals surface area contributed by atoms with Crippen LogP contribution in [-0.2, 0) is 17.9 Å². The van der Waals surface area contributed by atoms with Gasteiger partial charge in [-0.25, -0.2) is 0 Å². The van der Waals surface area contributed by atoms with Gasteiger partial charge in [0.1, 0.15) is 5.25 Å². The molecule has 4 aromatic rings. The van der Waals surface area contributed by atoms with Gasteiger partial charge in [-0.1, -0.05) is 72.8 Å². The summed E-state index contributed by atoms with van der Waals surface area (Å²) in [5.41, 5.74) is 3.24. The minimum Gasteiger partial charge on any atom is -0.351 e. The number of hydrogen-bond donors (Lipinski definition) is 1. The SMILES string of the molecule is O=C(NCc1ccccc1Cn1cccn1)C(Sc1ccccc1)c1ccccc1. The Hall–Kier alpha value is -3.31. The third kappa shape index (κ3) is 5.19. The Morgan fingerprint density at radius 3 is 2.23 bits per heavy atom. The van der Waals surface area contributed by atoms with Crippen molar-refractivity contribution < 1.29 is 4.79 Å². The van der Waals surface area contributed by atoms with Gasteiger partial charge in [-0.2, -0.15) is 5.10 Å². The highest BCUT2D eigenvalue weighted by atomic mass is 32.2. The second-order valence-corrected chi connectivity index (χ2v) is 8.09. The van der Waals surface area contributed by atoms with Crippen molar-refractivity contribution in [2.24, 2.45) is 0 Å². The second kappa shape index (κ2) is 9.94. The Morgan fingerprint density at radius 1 is 0.867 bits per heavy atom. The van der Waals surface area contributed by atoms with Crippen LogP contribution in [0.5, 0.6) is 0 Å². The Labute approximate surface area is 181 Å². The number of nitrogens with one attached hydrogen (secondary N) is 1. The number of hydrogen-bond acceptors (Lipinski definition) is 3. The van der Waals surface area contributed by atoms with E-state index in [1.165, 1.54) is 0 Å². The van der Waals surface area contributed by atoms with Gasteiger partial charge in [0.2, 0.25) is 5.91 Å². The third-order valence-electron chi connectivity index (χ3n) is 4.80. The lowest BCUT2D eigenvalue weighted by atomic mass is 10.1. The highest BCUT2D eigenvalue weighted by Crippen LogP contribution is 2.35. The van der Waals surface area contributed by atoms with E-state index in [-0.39, 0.29) is 11.2 Å². The van der Waals surface area contributed by atoms with Crippen LogP contribution < -0.4 is 5.32 Å². The number of carbonyl (C=O) groups is 1. The molecule has 0 bridgehead atoms. The van der Waals surface area contributed by atoms with Crippen LogP contribution in [0, 0.1) is 0 Å². The maximum atomic E-state index is 13.2. The Balaban J connectivity index is 1.49. The fraction of sp³-hybridized carbons (Fsp3) is 0.120. The molecule has 5 heteroatoms. The lowest BCUT2D eigenvalue weighted by Crippen LogP contribution is -2.28. The van der Waals surface area contributed by atoms with Gasteiger partial charge in [-0.15, -0.1) is 11.8 Å². The van der Waals surface area contributed by atoms with Crippen molar-refractivity contribution in [3.63, 3.8) is 0 Å². The largest absolute Gasteiger partial charge is 0.351 e. The molecule has 3 aromatic carbocycles. The Bertz CT molecular complexity index is 1070. The van der Waals surface area contributed by atoms with Gasteiger partial charge in [0, 0.05) is 23.8 Å². The average Bonchev–Trinajstić information content (AvgIpc) is 3.31. The molecule has 1 aromatic heterocycles. The number of aromatic nitrogens is 2. The van der Waals surface area contributed by atoms with E-state index < -0.39 is 0 Å². The molecule has 1 amide bonds. The highest BCUT2D eigenvalue weighted by Gasteiger charge is 2.22. The molecule has 4 rings (SSSR count). The fourth-order valence-corrected chi connectivity index (χ4v) is 4.33. The molecule has 1 atom stereocenters. The van der Waals surface area contributed by atoms with E-state index in [4.69, 9.17) is 0 Å². The summed E-state index contributed by atoms with van der Waals surface area (Å²) in [6.07, 6.45) is 3.72. The minimum atomic E-state index is -0.313. The second-order valence-electron chi connectivity index (χ2n) is 6.91. The van der Waals surface area contributed by atoms with Crippen molar-refractivity contribution in [2.45, 2.75) is 23.2 Å². The van der Waals surface area contributed by atoms with Gasteiger partial charge < -0.3 is 5.32 Å². The van der Waals surface area contributed by atoms with Crippen LogP contribution >= 0.6 is 11.8 Å². The molecule has 0 radical (unpaired) electrons. The zero-order chi connectivity index (χ0) is 20.6. The summed E-state index contributed by atoms with van der Waals surface area (Å²) >= 11 is 1.57. The third-order valence-corrected chi connectivity index (χ3v) is 6.07. The van der Waals surface area contributed by atoms with Crippen molar-refractivity contribution in [1.29, 1.82) is 0 Å². The van der Waals surface area contributed by atoms with Gasteiger partial charge in [0.05, 0.1) is 6.54 Å². The summed E-state index contributed by atoms with van der Waals surface area (Å²) in [5.74, 6) is 0.00365. The summed E-state index contributed by atoms with van der Waals surface area (Å²) in [6, 6.07) is 30.0. The zero-order valence-electron chi connectivity index (χ0n) is 16.5. The van der Waals surface area contributed by atoms with E-state index in [9.17, 15) is 4.79 Å². The molecule has 1 unspecified atom stereocenters. The van der Waals surface area contributed by atoms with E-state index in [0.29, 0.717) is 13.1 Å². The first kappa shape index (κ1) is 20.0. The number of benzene rings is 3. The quantitative estimate of drug-likeness (QED) is 0.410. The molecular weight excluding hydrogens is 390 g/mol. The van der Waals surface area contributed by atoms with E-state index in [1.54, 1.807) is 18.0 Å². The van der Waals surface area contributed by atoms with E-state index in [2.05, 4.69) is 22.5 Å². The molecule has 0 fully saturated rings. The predicted molar refractivity (Wildman–Crippen MR) is 121 cm³/mol. The van der Waals surface area contributed by atoms with Gasteiger partial charge in [0.25, 0.3) is 0 Å². The van der Waals surface area contributed by atoms with Gasteiger partial charge in [-0.3, -0.25) is 9.48 Å². The highest BCUT2D eigenvalue weighted by molar-refractivity contribution is 8.00. The van der Waals surface area contributed by atoms with Crippen LogP contribution in [0.1, 0.15) is 21.9 Å². The lowest BCUT2D eigenvalue weighted by Gasteiger charge is -2.18. The van der Waals surface area contributed by atoms with Crippen LogP contribution in [-0.4, -0.2) is 15.7 Å². The number of thioether (sulfide) groups is 1. The van der Waals surface area contributed by atoms with Crippen LogP contribution in [0.15, 0.2) is 108 Å². The summed E-state index contributed by atoms with van der Waals surface area (Å²) in [5, 5.41) is 7.12. The van der Waals surface area contributed by atoms with E-state index in [0.717, 1.165) is 21.6 Å². The first-order valence-corrected chi connectivity index (χ1v) is 10.8. The smallest absolute Gasteiger partial charge is 0.238 e. The molecule has 0 aliphatic heterocycles. The van der Waals surface area contributed by atoms with Crippen LogP contribution in [0.2, 0.25) is 0 Å². The molecule has 150 valence electrons. The normalized spacial score (nSPS) is 11.7. The van der Waals surface area contributed by atoms with Crippen molar-refractivity contribution in [1.82, 2.24) is 15.1 Å². The molecule has 30 heavy (non-hydrogen) atoms. The van der Waals surface area contributed by atoms with Crippen molar-refractivity contribution in [2.75, 3.05) is 0 Å². The average molecular weight is 414 g/mol. The van der Waals surface area contributed by atoms with Gasteiger partial charge in [-0.05, 0) is 34.9 Å².